The van der Waals surface area contributed by atoms with Gasteiger partial charge in [0, 0.05) is 18.7 Å². The summed E-state index contributed by atoms with van der Waals surface area (Å²) < 4.78 is 25.8. The van der Waals surface area contributed by atoms with Crippen LogP contribution in [0.2, 0.25) is 0 Å². The number of aromatic nitrogens is 1. The van der Waals surface area contributed by atoms with Gasteiger partial charge in [-0.15, -0.1) is 11.3 Å². The third-order valence-electron chi connectivity index (χ3n) is 2.18. The van der Waals surface area contributed by atoms with Crippen LogP contribution in [0.25, 0.3) is 0 Å². The van der Waals surface area contributed by atoms with Gasteiger partial charge < -0.3 is 0 Å². The van der Waals surface area contributed by atoms with E-state index in [9.17, 15) is 13.6 Å². The van der Waals surface area contributed by atoms with Gasteiger partial charge in [-0.05, 0) is 24.6 Å². The molecule has 0 unspecified atom stereocenters. The van der Waals surface area contributed by atoms with Crippen LogP contribution >= 0.6 is 11.3 Å². The molecule has 0 fully saturated rings. The Bertz CT molecular complexity index is 545. The predicted octanol–water partition coefficient (Wildman–Crippen LogP) is 3.16. The summed E-state index contributed by atoms with van der Waals surface area (Å²) >= 11 is 1.28. The molecular weight excluding hydrogens is 244 g/mol. The predicted molar refractivity (Wildman–Crippen MR) is 61.2 cm³/mol. The molecule has 5 heteroatoms. The minimum Gasteiger partial charge on any atom is -0.293 e. The standard InChI is InChI=1S/C12H9F2NOS/c1-7-15-6-12(17-7)11(16)4-8-2-9(13)5-10(14)3-8/h2-3,5-6H,4H2,1H3. The molecule has 1 heterocycles. The van der Waals surface area contributed by atoms with Gasteiger partial charge in [0.05, 0.1) is 9.88 Å². The summed E-state index contributed by atoms with van der Waals surface area (Å²) in [6, 6.07) is 3.11. The van der Waals surface area contributed by atoms with Gasteiger partial charge in [0.1, 0.15) is 11.6 Å². The van der Waals surface area contributed by atoms with E-state index in [1.807, 2.05) is 0 Å². The molecular formula is C12H9F2NOS. The van der Waals surface area contributed by atoms with Gasteiger partial charge in [0.15, 0.2) is 5.78 Å². The van der Waals surface area contributed by atoms with Crippen LogP contribution in [0.5, 0.6) is 0 Å². The number of Topliss-reactive ketones (excluding diaryl/α,β-unsaturated/α-hetero) is 1. The summed E-state index contributed by atoms with van der Waals surface area (Å²) in [5.74, 6) is -1.53. The van der Waals surface area contributed by atoms with Crippen molar-refractivity contribution >= 4 is 17.1 Å². The van der Waals surface area contributed by atoms with Crippen LogP contribution in [-0.4, -0.2) is 10.8 Å². The second-order valence-electron chi connectivity index (χ2n) is 3.62. The summed E-state index contributed by atoms with van der Waals surface area (Å²) in [4.78, 5) is 16.2. The van der Waals surface area contributed by atoms with Crippen molar-refractivity contribution in [2.24, 2.45) is 0 Å². The van der Waals surface area contributed by atoms with E-state index in [4.69, 9.17) is 0 Å². The number of carbonyl (C=O) groups is 1. The molecule has 0 aliphatic carbocycles. The molecule has 0 radical (unpaired) electrons. The van der Waals surface area contributed by atoms with Crippen molar-refractivity contribution in [1.82, 2.24) is 4.98 Å². The number of hydrogen-bond acceptors (Lipinski definition) is 3. The van der Waals surface area contributed by atoms with E-state index < -0.39 is 11.6 Å². The molecule has 2 nitrogen and oxygen atoms in total. The van der Waals surface area contributed by atoms with Crippen molar-refractivity contribution in [3.05, 3.63) is 51.5 Å². The zero-order valence-corrected chi connectivity index (χ0v) is 9.85. The average molecular weight is 253 g/mol. The fourth-order valence-electron chi connectivity index (χ4n) is 1.48. The Labute approximate surface area is 101 Å². The highest BCUT2D eigenvalue weighted by Gasteiger charge is 2.11. The third-order valence-corrected chi connectivity index (χ3v) is 3.14. The molecule has 0 saturated heterocycles. The van der Waals surface area contributed by atoms with Gasteiger partial charge in [-0.25, -0.2) is 13.8 Å². The Balaban J connectivity index is 2.18. The van der Waals surface area contributed by atoms with Gasteiger partial charge in [-0.1, -0.05) is 0 Å². The van der Waals surface area contributed by atoms with Gasteiger partial charge in [0.2, 0.25) is 0 Å². The first-order chi connectivity index (χ1) is 8.04. The van der Waals surface area contributed by atoms with Crippen molar-refractivity contribution in [2.45, 2.75) is 13.3 Å². The van der Waals surface area contributed by atoms with Crippen LogP contribution < -0.4 is 0 Å². The smallest absolute Gasteiger partial charge is 0.178 e. The lowest BCUT2D eigenvalue weighted by Gasteiger charge is -2.00. The fraction of sp³-hybridized carbons (Fsp3) is 0.167. The molecule has 2 rings (SSSR count). The number of ketones is 1. The lowest BCUT2D eigenvalue weighted by atomic mass is 10.1. The van der Waals surface area contributed by atoms with Crippen LogP contribution in [0.3, 0.4) is 0 Å². The molecule has 0 saturated carbocycles. The zero-order chi connectivity index (χ0) is 12.4. The molecule has 1 aromatic carbocycles. The molecule has 0 spiro atoms. The average Bonchev–Trinajstić information content (AvgIpc) is 2.63. The molecule has 0 bridgehead atoms. The van der Waals surface area contributed by atoms with Gasteiger partial charge in [-0.2, -0.15) is 0 Å². The number of hydrogen-bond donors (Lipinski definition) is 0. The second kappa shape index (κ2) is 4.71. The Morgan fingerprint density at radius 2 is 1.94 bits per heavy atom. The first-order valence-corrected chi connectivity index (χ1v) is 5.77. The van der Waals surface area contributed by atoms with Crippen molar-refractivity contribution in [3.8, 4) is 0 Å². The maximum Gasteiger partial charge on any atom is 0.178 e. The van der Waals surface area contributed by atoms with Crippen molar-refractivity contribution in [1.29, 1.82) is 0 Å². The van der Waals surface area contributed by atoms with Crippen molar-refractivity contribution in [3.63, 3.8) is 0 Å². The number of nitrogens with zero attached hydrogens (tertiary/aromatic N) is 1. The van der Waals surface area contributed by atoms with Crippen LogP contribution in [0.1, 0.15) is 20.2 Å². The lowest BCUT2D eigenvalue weighted by molar-refractivity contribution is 0.0996. The monoisotopic (exact) mass is 253 g/mol. The highest BCUT2D eigenvalue weighted by atomic mass is 32.1. The van der Waals surface area contributed by atoms with E-state index in [1.165, 1.54) is 17.5 Å². The number of benzene rings is 1. The molecule has 2 aromatic rings. The lowest BCUT2D eigenvalue weighted by Crippen LogP contribution is -2.02. The van der Waals surface area contributed by atoms with Crippen LogP contribution in [-0.2, 0) is 6.42 Å². The highest BCUT2D eigenvalue weighted by molar-refractivity contribution is 7.13. The number of rotatable bonds is 3. The zero-order valence-electron chi connectivity index (χ0n) is 9.04. The summed E-state index contributed by atoms with van der Waals surface area (Å²) in [5, 5.41) is 0.791. The van der Waals surface area contributed by atoms with E-state index in [1.54, 1.807) is 6.92 Å². The maximum atomic E-state index is 12.9. The van der Waals surface area contributed by atoms with Gasteiger partial charge >= 0.3 is 0 Å². The molecule has 88 valence electrons. The maximum absolute atomic E-state index is 12.9. The largest absolute Gasteiger partial charge is 0.293 e. The fourth-order valence-corrected chi connectivity index (χ4v) is 2.19. The van der Waals surface area contributed by atoms with Gasteiger partial charge in [0.25, 0.3) is 0 Å². The van der Waals surface area contributed by atoms with Crippen LogP contribution in [0.4, 0.5) is 8.78 Å². The number of halogens is 2. The van der Waals surface area contributed by atoms with Gasteiger partial charge in [-0.3, -0.25) is 4.79 Å². The SMILES string of the molecule is Cc1ncc(C(=O)Cc2cc(F)cc(F)c2)s1. The first-order valence-electron chi connectivity index (χ1n) is 4.95. The first kappa shape index (κ1) is 11.9. The Hall–Kier alpha value is -1.62. The van der Waals surface area contributed by atoms with E-state index in [2.05, 4.69) is 4.98 Å². The molecule has 0 aliphatic rings. The summed E-state index contributed by atoms with van der Waals surface area (Å²) in [6.07, 6.45) is 1.47. The van der Waals surface area contributed by atoms with Crippen LogP contribution in [0, 0.1) is 18.6 Å². The van der Waals surface area contributed by atoms with E-state index in [-0.39, 0.29) is 12.2 Å². The minimum atomic E-state index is -0.673. The van der Waals surface area contributed by atoms with Crippen molar-refractivity contribution in [2.75, 3.05) is 0 Å². The quantitative estimate of drug-likeness (QED) is 0.786. The number of aryl methyl sites for hydroxylation is 1. The normalized spacial score (nSPS) is 10.5. The molecule has 0 atom stereocenters. The molecule has 1 aromatic heterocycles. The van der Waals surface area contributed by atoms with E-state index in [0.717, 1.165) is 23.2 Å². The molecule has 17 heavy (non-hydrogen) atoms. The molecule has 0 amide bonds. The van der Waals surface area contributed by atoms with E-state index in [0.29, 0.717) is 10.4 Å². The minimum absolute atomic E-state index is 0.0175. The Kier molecular flexibility index (Phi) is 3.28. The topological polar surface area (TPSA) is 30.0 Å². The second-order valence-corrected chi connectivity index (χ2v) is 4.86. The third kappa shape index (κ3) is 2.94. The summed E-state index contributed by atoms with van der Waals surface area (Å²) in [6.45, 7) is 1.79. The highest BCUT2D eigenvalue weighted by Crippen LogP contribution is 2.16. The molecule has 0 aliphatic heterocycles. The van der Waals surface area contributed by atoms with Crippen LogP contribution in [0.15, 0.2) is 24.4 Å². The number of carbonyl (C=O) groups excluding carboxylic acids is 1. The number of thiazole rings is 1. The van der Waals surface area contributed by atoms with Crippen molar-refractivity contribution < 1.29 is 13.6 Å². The molecule has 0 N–H and O–H groups in total. The van der Waals surface area contributed by atoms with E-state index >= 15 is 0 Å². The summed E-state index contributed by atoms with van der Waals surface area (Å²) in [5.41, 5.74) is 0.332. The Morgan fingerprint density at radius 1 is 1.29 bits per heavy atom. The summed E-state index contributed by atoms with van der Waals surface area (Å²) in [7, 11) is 0. The Morgan fingerprint density at radius 3 is 2.47 bits per heavy atom.